The van der Waals surface area contributed by atoms with E-state index in [0.29, 0.717) is 31.1 Å². The van der Waals surface area contributed by atoms with Crippen LogP contribution in [0.3, 0.4) is 0 Å². The molecule has 0 atom stereocenters. The first-order valence-corrected chi connectivity index (χ1v) is 15.6. The van der Waals surface area contributed by atoms with Gasteiger partial charge in [0.1, 0.15) is 22.2 Å². The highest BCUT2D eigenvalue weighted by Crippen LogP contribution is 2.28. The van der Waals surface area contributed by atoms with Crippen molar-refractivity contribution >= 4 is 22.9 Å². The lowest BCUT2D eigenvalue weighted by Gasteiger charge is -2.35. The first-order valence-electron chi connectivity index (χ1n) is 14.7. The molecule has 1 amide bonds. The van der Waals surface area contributed by atoms with Crippen molar-refractivity contribution in [1.29, 1.82) is 0 Å². The molecule has 0 aliphatic carbocycles. The molecule has 10 heteroatoms. The average molecular weight is 617 g/mol. The molecule has 0 N–H and O–H groups in total. The van der Waals surface area contributed by atoms with Crippen LogP contribution in [0.1, 0.15) is 26.6 Å². The summed E-state index contributed by atoms with van der Waals surface area (Å²) in [7, 11) is 6.64. The maximum Gasteiger partial charge on any atom is 0.273 e. The Morgan fingerprint density at radius 3 is 2.05 bits per heavy atom. The summed E-state index contributed by atoms with van der Waals surface area (Å²) in [4.78, 5) is 24.7. The highest BCUT2D eigenvalue weighted by Gasteiger charge is 2.24. The molecule has 0 unspecified atom stereocenters. The van der Waals surface area contributed by atoms with E-state index in [2.05, 4.69) is 40.1 Å². The summed E-state index contributed by atoms with van der Waals surface area (Å²) >= 11 is 1.54. The zero-order valence-corrected chi connectivity index (χ0v) is 26.6. The summed E-state index contributed by atoms with van der Waals surface area (Å²) in [5, 5.41) is 2.82. The molecule has 1 aliphatic rings. The number of thiazole rings is 1. The van der Waals surface area contributed by atoms with Crippen LogP contribution in [0.2, 0.25) is 0 Å². The van der Waals surface area contributed by atoms with E-state index in [1.807, 2.05) is 46.7 Å². The van der Waals surface area contributed by atoms with Crippen LogP contribution in [0.15, 0.2) is 72.1 Å². The number of nitrogens with zero attached hydrogens (tertiary/aromatic N) is 4. The monoisotopic (exact) mass is 616 g/mol. The van der Waals surface area contributed by atoms with E-state index in [9.17, 15) is 4.79 Å². The molecule has 232 valence electrons. The van der Waals surface area contributed by atoms with Crippen molar-refractivity contribution < 1.29 is 23.7 Å². The van der Waals surface area contributed by atoms with E-state index in [1.165, 1.54) is 5.56 Å². The van der Waals surface area contributed by atoms with E-state index in [-0.39, 0.29) is 5.91 Å². The minimum Gasteiger partial charge on any atom is -0.497 e. The molecule has 9 nitrogen and oxygen atoms in total. The molecule has 0 spiro atoms. The molecule has 0 radical (unpaired) electrons. The Kier molecular flexibility index (Phi) is 10.6. The van der Waals surface area contributed by atoms with Crippen LogP contribution in [0, 0.1) is 0 Å². The van der Waals surface area contributed by atoms with Crippen molar-refractivity contribution in [3.63, 3.8) is 0 Å². The number of anilines is 1. The minimum atomic E-state index is -0.00564. The Labute approximate surface area is 263 Å². The third kappa shape index (κ3) is 7.81. The van der Waals surface area contributed by atoms with Gasteiger partial charge in [-0.25, -0.2) is 4.98 Å². The van der Waals surface area contributed by atoms with Gasteiger partial charge in [0.2, 0.25) is 0 Å². The summed E-state index contributed by atoms with van der Waals surface area (Å²) in [5.74, 6) is 3.10. The Hall–Kier alpha value is -4.28. The SMILES string of the molecule is COc1ccc(CN(CCc2ccc(OC)c(OC)c2)Cc2nc(C(=O)N3CCN(c4ccc(OC)cc4)CC3)cs2)cc1. The van der Waals surface area contributed by atoms with Crippen molar-refractivity contribution in [1.82, 2.24) is 14.8 Å². The number of hydrogen-bond donors (Lipinski definition) is 0. The summed E-state index contributed by atoms with van der Waals surface area (Å²) in [6.45, 7) is 5.06. The predicted octanol–water partition coefficient (Wildman–Crippen LogP) is 5.38. The van der Waals surface area contributed by atoms with Crippen molar-refractivity contribution in [2.24, 2.45) is 0 Å². The number of piperazine rings is 1. The molecule has 0 saturated carbocycles. The first kappa shape index (κ1) is 31.2. The Bertz CT molecular complexity index is 1500. The number of amides is 1. The molecule has 1 saturated heterocycles. The zero-order chi connectivity index (χ0) is 30.9. The van der Waals surface area contributed by atoms with Gasteiger partial charge in [-0.1, -0.05) is 18.2 Å². The van der Waals surface area contributed by atoms with E-state index >= 15 is 0 Å². The quantitative estimate of drug-likeness (QED) is 0.198. The smallest absolute Gasteiger partial charge is 0.273 e. The van der Waals surface area contributed by atoms with Gasteiger partial charge in [0, 0.05) is 50.3 Å². The lowest BCUT2D eigenvalue weighted by atomic mass is 10.1. The molecule has 4 aromatic rings. The number of carbonyl (C=O) groups excluding carboxylic acids is 1. The number of aromatic nitrogens is 1. The highest BCUT2D eigenvalue weighted by atomic mass is 32.1. The van der Waals surface area contributed by atoms with Crippen LogP contribution in [-0.4, -0.2) is 81.9 Å². The maximum atomic E-state index is 13.4. The fourth-order valence-corrected chi connectivity index (χ4v) is 6.13. The molecule has 1 aliphatic heterocycles. The predicted molar refractivity (Wildman–Crippen MR) is 174 cm³/mol. The molecule has 1 fully saturated rings. The van der Waals surface area contributed by atoms with Crippen LogP contribution in [0.25, 0.3) is 0 Å². The minimum absolute atomic E-state index is 0.00564. The number of ether oxygens (including phenoxy) is 4. The number of methoxy groups -OCH3 is 4. The van der Waals surface area contributed by atoms with Gasteiger partial charge in [0.15, 0.2) is 11.5 Å². The number of benzene rings is 3. The van der Waals surface area contributed by atoms with Crippen molar-refractivity contribution in [2.45, 2.75) is 19.5 Å². The van der Waals surface area contributed by atoms with Gasteiger partial charge < -0.3 is 28.7 Å². The van der Waals surface area contributed by atoms with E-state index < -0.39 is 0 Å². The zero-order valence-electron chi connectivity index (χ0n) is 25.8. The number of hydrogen-bond acceptors (Lipinski definition) is 9. The van der Waals surface area contributed by atoms with Crippen molar-refractivity contribution in [2.75, 3.05) is 66.1 Å². The Morgan fingerprint density at radius 2 is 1.41 bits per heavy atom. The van der Waals surface area contributed by atoms with Crippen LogP contribution in [0.4, 0.5) is 5.69 Å². The van der Waals surface area contributed by atoms with Crippen molar-refractivity contribution in [3.8, 4) is 23.0 Å². The van der Waals surface area contributed by atoms with Gasteiger partial charge in [-0.3, -0.25) is 9.69 Å². The molecule has 0 bridgehead atoms. The largest absolute Gasteiger partial charge is 0.497 e. The van der Waals surface area contributed by atoms with E-state index in [0.717, 1.165) is 66.1 Å². The fourth-order valence-electron chi connectivity index (χ4n) is 5.32. The third-order valence-corrected chi connectivity index (χ3v) is 8.70. The van der Waals surface area contributed by atoms with Crippen LogP contribution >= 0.6 is 11.3 Å². The Balaban J connectivity index is 1.22. The first-order chi connectivity index (χ1) is 21.5. The normalized spacial score (nSPS) is 13.2. The third-order valence-electron chi connectivity index (χ3n) is 7.86. The van der Waals surface area contributed by atoms with Crippen molar-refractivity contribution in [3.05, 3.63) is 93.9 Å². The number of rotatable bonds is 13. The standard InChI is InChI=1S/C34H40N4O5S/c1-40-28-10-5-26(6-11-28)22-36(16-15-25-7-14-31(42-3)32(21-25)43-4)23-33-35-30(24-44-33)34(39)38-19-17-37(18-20-38)27-8-12-29(41-2)13-9-27/h5-14,21,24H,15-20,22-23H2,1-4H3. The fraction of sp³-hybridized carbons (Fsp3) is 0.353. The van der Waals surface area contributed by atoms with Gasteiger partial charge in [-0.15, -0.1) is 11.3 Å². The van der Waals surface area contributed by atoms with Gasteiger partial charge in [-0.05, 0) is 66.1 Å². The van der Waals surface area contributed by atoms with Crippen LogP contribution in [0.5, 0.6) is 23.0 Å². The lowest BCUT2D eigenvalue weighted by molar-refractivity contribution is 0.0741. The molecular weight excluding hydrogens is 576 g/mol. The van der Waals surface area contributed by atoms with Gasteiger partial charge in [0.05, 0.1) is 35.0 Å². The van der Waals surface area contributed by atoms with Gasteiger partial charge in [0.25, 0.3) is 5.91 Å². The van der Waals surface area contributed by atoms with Gasteiger partial charge >= 0.3 is 0 Å². The van der Waals surface area contributed by atoms with E-state index in [1.54, 1.807) is 39.8 Å². The average Bonchev–Trinajstić information content (AvgIpc) is 3.55. The maximum absolute atomic E-state index is 13.4. The second kappa shape index (κ2) is 14.9. The topological polar surface area (TPSA) is 76.6 Å². The van der Waals surface area contributed by atoms with Crippen LogP contribution in [-0.2, 0) is 19.5 Å². The Morgan fingerprint density at radius 1 is 0.773 bits per heavy atom. The lowest BCUT2D eigenvalue weighted by Crippen LogP contribution is -2.48. The molecule has 5 rings (SSSR count). The summed E-state index contributed by atoms with van der Waals surface area (Å²) in [6, 6.07) is 22.2. The molecule has 2 heterocycles. The van der Waals surface area contributed by atoms with Gasteiger partial charge in [-0.2, -0.15) is 0 Å². The summed E-state index contributed by atoms with van der Waals surface area (Å²) in [5.41, 5.74) is 4.00. The molecule has 44 heavy (non-hydrogen) atoms. The summed E-state index contributed by atoms with van der Waals surface area (Å²) in [6.07, 6.45) is 0.826. The van der Waals surface area contributed by atoms with E-state index in [4.69, 9.17) is 23.9 Å². The molecular formula is C34H40N4O5S. The molecule has 3 aromatic carbocycles. The second-order valence-electron chi connectivity index (χ2n) is 10.6. The number of carbonyl (C=O) groups is 1. The highest BCUT2D eigenvalue weighted by molar-refractivity contribution is 7.09. The van der Waals surface area contributed by atoms with Crippen LogP contribution < -0.4 is 23.8 Å². The summed E-state index contributed by atoms with van der Waals surface area (Å²) < 4.78 is 21.5. The second-order valence-corrected chi connectivity index (χ2v) is 11.5. The molecule has 1 aromatic heterocycles.